The zero-order valence-electron chi connectivity index (χ0n) is 16.0. The van der Waals surface area contributed by atoms with Crippen molar-refractivity contribution in [2.24, 2.45) is 7.05 Å². The first-order chi connectivity index (χ1) is 13.1. The van der Waals surface area contributed by atoms with Gasteiger partial charge in [0.2, 0.25) is 10.0 Å². The average molecular weight is 398 g/mol. The van der Waals surface area contributed by atoms with Crippen molar-refractivity contribution in [3.05, 3.63) is 59.4 Å². The van der Waals surface area contributed by atoms with Gasteiger partial charge in [-0.3, -0.25) is 4.79 Å². The molecule has 28 heavy (non-hydrogen) atoms. The van der Waals surface area contributed by atoms with Crippen LogP contribution < -0.4 is 10.0 Å². The van der Waals surface area contributed by atoms with Crippen LogP contribution in [0.5, 0.6) is 0 Å². The molecular weight excluding hydrogens is 376 g/mol. The third-order valence-corrected chi connectivity index (χ3v) is 6.75. The number of amides is 1. The summed E-state index contributed by atoms with van der Waals surface area (Å²) in [6.07, 6.45) is 3.92. The summed E-state index contributed by atoms with van der Waals surface area (Å²) >= 11 is 0. The highest BCUT2D eigenvalue weighted by molar-refractivity contribution is 7.89. The maximum absolute atomic E-state index is 13.0. The first-order valence-electron chi connectivity index (χ1n) is 8.78. The van der Waals surface area contributed by atoms with Crippen LogP contribution in [0.4, 0.5) is 5.69 Å². The van der Waals surface area contributed by atoms with Gasteiger partial charge in [0.05, 0.1) is 11.6 Å². The van der Waals surface area contributed by atoms with Crippen molar-refractivity contribution in [3.63, 3.8) is 0 Å². The predicted octanol–water partition coefficient (Wildman–Crippen LogP) is 2.63. The fourth-order valence-corrected chi connectivity index (χ4v) is 5.10. The first kappa shape index (κ1) is 19.9. The van der Waals surface area contributed by atoms with Crippen LogP contribution in [0.15, 0.2) is 41.9 Å². The van der Waals surface area contributed by atoms with E-state index >= 15 is 0 Å². The smallest absolute Gasteiger partial charge is 0.272 e. The molecule has 1 amide bonds. The van der Waals surface area contributed by atoms with E-state index in [0.717, 1.165) is 5.56 Å². The van der Waals surface area contributed by atoms with Crippen LogP contribution >= 0.6 is 0 Å². The van der Waals surface area contributed by atoms with Crippen LogP contribution in [0.2, 0.25) is 0 Å². The van der Waals surface area contributed by atoms with E-state index < -0.39 is 21.5 Å². The number of nitrogens with zero attached hydrogens (tertiary/aromatic N) is 2. The molecule has 1 aliphatic rings. The molecule has 0 aliphatic carbocycles. The maximum Gasteiger partial charge on any atom is 0.272 e. The van der Waals surface area contributed by atoms with Crippen molar-refractivity contribution in [2.75, 3.05) is 5.32 Å². The van der Waals surface area contributed by atoms with Crippen molar-refractivity contribution in [2.45, 2.75) is 37.1 Å². The van der Waals surface area contributed by atoms with Crippen molar-refractivity contribution < 1.29 is 13.2 Å². The highest BCUT2D eigenvalue weighted by atomic mass is 32.2. The first-order valence-corrected chi connectivity index (χ1v) is 10.3. The Labute approximate surface area is 164 Å². The molecule has 146 valence electrons. The maximum atomic E-state index is 13.0. The number of nitriles is 1. The van der Waals surface area contributed by atoms with Gasteiger partial charge in [-0.25, -0.2) is 13.1 Å². The Morgan fingerprint density at radius 3 is 2.82 bits per heavy atom. The number of aromatic nitrogens is 1. The topological polar surface area (TPSA) is 104 Å². The number of anilines is 1. The predicted molar refractivity (Wildman–Crippen MR) is 107 cm³/mol. The second kappa shape index (κ2) is 6.93. The zero-order valence-corrected chi connectivity index (χ0v) is 16.9. The Morgan fingerprint density at radius 1 is 1.46 bits per heavy atom. The van der Waals surface area contributed by atoms with Gasteiger partial charge >= 0.3 is 0 Å². The zero-order chi connectivity index (χ0) is 20.7. The van der Waals surface area contributed by atoms with E-state index in [-0.39, 0.29) is 10.6 Å². The standard InChI is InChI=1S/C20H22N4O3S/c1-5-20(3)9-8-16-17(28(26,27)23-20)12-24(4)18(16)19(25)22-15-7-6-13(2)14(10-15)11-21/h5-7,10,12,23H,1,8-9H2,2-4H3,(H,22,25)/t20-/m1/s1. The number of carbonyl (C=O) groups is 1. The molecule has 0 bridgehead atoms. The molecule has 0 unspecified atom stereocenters. The number of hydrogen-bond donors (Lipinski definition) is 2. The lowest BCUT2D eigenvalue weighted by atomic mass is 9.94. The van der Waals surface area contributed by atoms with Gasteiger partial charge < -0.3 is 9.88 Å². The molecule has 0 spiro atoms. The Kier molecular flexibility index (Phi) is 4.91. The molecule has 0 fully saturated rings. The number of nitrogens with one attached hydrogen (secondary N) is 2. The van der Waals surface area contributed by atoms with E-state index in [2.05, 4.69) is 22.7 Å². The van der Waals surface area contributed by atoms with Gasteiger partial charge in [0.15, 0.2) is 0 Å². The van der Waals surface area contributed by atoms with E-state index in [4.69, 9.17) is 0 Å². The van der Waals surface area contributed by atoms with E-state index in [0.29, 0.717) is 29.7 Å². The highest BCUT2D eigenvalue weighted by Crippen LogP contribution is 2.31. The molecule has 1 atom stereocenters. The second-order valence-electron chi connectivity index (χ2n) is 7.25. The van der Waals surface area contributed by atoms with Crippen LogP contribution in [0.3, 0.4) is 0 Å². The van der Waals surface area contributed by atoms with Crippen molar-refractivity contribution in [1.29, 1.82) is 5.26 Å². The van der Waals surface area contributed by atoms with E-state index in [9.17, 15) is 18.5 Å². The van der Waals surface area contributed by atoms with Gasteiger partial charge in [0, 0.05) is 30.0 Å². The lowest BCUT2D eigenvalue weighted by Crippen LogP contribution is -2.42. The van der Waals surface area contributed by atoms with Crippen LogP contribution in [0.1, 0.15) is 40.5 Å². The van der Waals surface area contributed by atoms with Crippen molar-refractivity contribution in [3.8, 4) is 6.07 Å². The number of sulfonamides is 1. The molecule has 2 aromatic rings. The van der Waals surface area contributed by atoms with E-state index in [1.54, 1.807) is 38.2 Å². The summed E-state index contributed by atoms with van der Waals surface area (Å²) in [5.41, 5.74) is 1.74. The molecule has 0 radical (unpaired) electrons. The molecular formula is C20H22N4O3S. The molecule has 1 aliphatic heterocycles. The third-order valence-electron chi connectivity index (χ3n) is 5.08. The lowest BCUT2D eigenvalue weighted by molar-refractivity contribution is 0.101. The normalized spacial score (nSPS) is 20.5. The molecule has 0 saturated carbocycles. The molecule has 3 rings (SSSR count). The van der Waals surface area contributed by atoms with E-state index in [1.807, 2.05) is 6.92 Å². The third kappa shape index (κ3) is 3.46. The summed E-state index contributed by atoms with van der Waals surface area (Å²) in [7, 11) is -2.15. The Bertz CT molecular complexity index is 1130. The molecule has 1 aromatic heterocycles. The Balaban J connectivity index is 2.01. The number of fused-ring (bicyclic) bond motifs is 1. The van der Waals surface area contributed by atoms with E-state index in [1.165, 1.54) is 10.8 Å². The highest BCUT2D eigenvalue weighted by Gasteiger charge is 2.36. The van der Waals surface area contributed by atoms with Crippen molar-refractivity contribution in [1.82, 2.24) is 9.29 Å². The quantitative estimate of drug-likeness (QED) is 0.776. The minimum absolute atomic E-state index is 0.104. The summed E-state index contributed by atoms with van der Waals surface area (Å²) < 4.78 is 29.8. The van der Waals surface area contributed by atoms with Gasteiger partial charge in [-0.1, -0.05) is 12.1 Å². The van der Waals surface area contributed by atoms with Crippen LogP contribution in [-0.2, 0) is 23.5 Å². The number of aryl methyl sites for hydroxylation is 2. The van der Waals surface area contributed by atoms with Gasteiger partial charge in [-0.05, 0) is 44.4 Å². The van der Waals surface area contributed by atoms with Crippen LogP contribution in [0.25, 0.3) is 0 Å². The Hall–Kier alpha value is -2.89. The van der Waals surface area contributed by atoms with Gasteiger partial charge in [0.1, 0.15) is 10.6 Å². The second-order valence-corrected chi connectivity index (χ2v) is 8.90. The number of benzene rings is 1. The van der Waals surface area contributed by atoms with Gasteiger partial charge in [-0.2, -0.15) is 5.26 Å². The number of carbonyl (C=O) groups excluding carboxylic acids is 1. The summed E-state index contributed by atoms with van der Waals surface area (Å²) in [5, 5.41) is 11.9. The molecule has 2 N–H and O–H groups in total. The number of rotatable bonds is 3. The van der Waals surface area contributed by atoms with Gasteiger partial charge in [-0.15, -0.1) is 6.58 Å². The average Bonchev–Trinajstić information content (AvgIpc) is 2.94. The molecule has 8 heteroatoms. The van der Waals surface area contributed by atoms with Gasteiger partial charge in [0.25, 0.3) is 5.91 Å². The lowest BCUT2D eigenvalue weighted by Gasteiger charge is -2.24. The molecule has 1 aromatic carbocycles. The fourth-order valence-electron chi connectivity index (χ4n) is 3.37. The fraction of sp³-hybridized carbons (Fsp3) is 0.300. The largest absolute Gasteiger partial charge is 0.345 e. The summed E-state index contributed by atoms with van der Waals surface area (Å²) in [5.74, 6) is -0.422. The summed E-state index contributed by atoms with van der Waals surface area (Å²) in [6, 6.07) is 7.15. The minimum Gasteiger partial charge on any atom is -0.345 e. The summed E-state index contributed by atoms with van der Waals surface area (Å²) in [4.78, 5) is 13.1. The van der Waals surface area contributed by atoms with Crippen molar-refractivity contribution >= 4 is 21.6 Å². The minimum atomic E-state index is -3.79. The molecule has 7 nitrogen and oxygen atoms in total. The summed E-state index contributed by atoms with van der Waals surface area (Å²) in [6.45, 7) is 7.31. The SMILES string of the molecule is C=C[C@]1(C)CCc2c(cn(C)c2C(=O)Nc2ccc(C)c(C#N)c2)S(=O)(=O)N1. The number of hydrogen-bond acceptors (Lipinski definition) is 4. The monoisotopic (exact) mass is 398 g/mol. The van der Waals surface area contributed by atoms with Crippen LogP contribution in [-0.4, -0.2) is 24.4 Å². The Morgan fingerprint density at radius 2 is 2.18 bits per heavy atom. The van der Waals surface area contributed by atoms with Crippen LogP contribution in [0, 0.1) is 18.3 Å². The molecule has 2 heterocycles. The molecule has 0 saturated heterocycles.